The molecule has 1 aliphatic carbocycles. The van der Waals surface area contributed by atoms with Gasteiger partial charge < -0.3 is 5.32 Å². The van der Waals surface area contributed by atoms with Crippen LogP contribution in [-0.2, 0) is 0 Å². The monoisotopic (exact) mass is 236 g/mol. The first-order valence-electron chi connectivity index (χ1n) is 6.53. The largest absolute Gasteiger partial charge is 0.307 e. The Balaban J connectivity index is 1.93. The summed E-state index contributed by atoms with van der Waals surface area (Å²) < 4.78 is 13.1. The predicted octanol–water partition coefficient (Wildman–Crippen LogP) is 3.45. The lowest BCUT2D eigenvalue weighted by Crippen LogP contribution is -2.34. The fourth-order valence-corrected chi connectivity index (χ4v) is 2.75. The van der Waals surface area contributed by atoms with Gasteiger partial charge in [-0.3, -0.25) is 4.98 Å². The van der Waals surface area contributed by atoms with Crippen LogP contribution in [0.15, 0.2) is 18.5 Å². The van der Waals surface area contributed by atoms with Crippen molar-refractivity contribution in [2.75, 3.05) is 0 Å². The summed E-state index contributed by atoms with van der Waals surface area (Å²) in [6, 6.07) is 2.22. The Morgan fingerprint density at radius 3 is 2.65 bits per heavy atom. The lowest BCUT2D eigenvalue weighted by Gasteiger charge is -2.25. The molecule has 1 aromatic heterocycles. The average Bonchev–Trinajstić information content (AvgIpc) is 2.82. The molecule has 1 heterocycles. The number of nitrogens with zero attached hydrogens (tertiary/aromatic N) is 1. The Hall–Kier alpha value is -0.960. The highest BCUT2D eigenvalue weighted by Gasteiger charge is 2.22. The van der Waals surface area contributed by atoms with Crippen molar-refractivity contribution in [3.63, 3.8) is 0 Å². The highest BCUT2D eigenvalue weighted by molar-refractivity contribution is 5.14. The minimum atomic E-state index is -0.260. The molecule has 0 amide bonds. The first kappa shape index (κ1) is 12.5. The molecule has 2 nitrogen and oxygen atoms in total. The average molecular weight is 236 g/mol. The van der Waals surface area contributed by atoms with Crippen molar-refractivity contribution in [2.45, 2.75) is 51.6 Å². The molecule has 1 fully saturated rings. The van der Waals surface area contributed by atoms with Gasteiger partial charge in [0.15, 0.2) is 0 Å². The highest BCUT2D eigenvalue weighted by Crippen LogP contribution is 2.28. The van der Waals surface area contributed by atoms with Crippen LogP contribution >= 0.6 is 0 Å². The summed E-state index contributed by atoms with van der Waals surface area (Å²) in [6.45, 7) is 4.31. The third-order valence-corrected chi connectivity index (χ3v) is 3.85. The van der Waals surface area contributed by atoms with E-state index in [4.69, 9.17) is 0 Å². The molecular formula is C14H21FN2. The van der Waals surface area contributed by atoms with Crippen molar-refractivity contribution in [3.05, 3.63) is 29.8 Å². The molecule has 2 atom stereocenters. The van der Waals surface area contributed by atoms with E-state index in [1.807, 2.05) is 0 Å². The normalized spacial score (nSPS) is 20.4. The van der Waals surface area contributed by atoms with Crippen molar-refractivity contribution in [2.24, 2.45) is 5.92 Å². The number of hydrogen-bond acceptors (Lipinski definition) is 2. The minimum Gasteiger partial charge on any atom is -0.307 e. The Kier molecular flexibility index (Phi) is 4.11. The van der Waals surface area contributed by atoms with Gasteiger partial charge in [-0.25, -0.2) is 4.39 Å². The molecular weight excluding hydrogens is 215 g/mol. The van der Waals surface area contributed by atoms with Crippen LogP contribution in [-0.4, -0.2) is 11.0 Å². The van der Waals surface area contributed by atoms with Crippen LogP contribution in [0.3, 0.4) is 0 Å². The summed E-state index contributed by atoms with van der Waals surface area (Å²) >= 11 is 0. The molecule has 0 radical (unpaired) electrons. The molecule has 1 aliphatic rings. The topological polar surface area (TPSA) is 24.9 Å². The SMILES string of the molecule is CC(NC(C)C1CCCC1)c1cncc(F)c1. The van der Waals surface area contributed by atoms with Gasteiger partial charge in [-0.15, -0.1) is 0 Å². The van der Waals surface area contributed by atoms with Gasteiger partial charge in [0, 0.05) is 18.3 Å². The Morgan fingerprint density at radius 2 is 2.00 bits per heavy atom. The van der Waals surface area contributed by atoms with Gasteiger partial charge in [0.25, 0.3) is 0 Å². The van der Waals surface area contributed by atoms with Gasteiger partial charge in [-0.05, 0) is 44.2 Å². The van der Waals surface area contributed by atoms with Crippen LogP contribution in [0.5, 0.6) is 0 Å². The second-order valence-electron chi connectivity index (χ2n) is 5.16. The van der Waals surface area contributed by atoms with Gasteiger partial charge in [0.1, 0.15) is 5.82 Å². The molecule has 2 rings (SSSR count). The lowest BCUT2D eigenvalue weighted by molar-refractivity contribution is 0.352. The van der Waals surface area contributed by atoms with Crippen LogP contribution in [0.2, 0.25) is 0 Å². The predicted molar refractivity (Wildman–Crippen MR) is 67.2 cm³/mol. The van der Waals surface area contributed by atoms with E-state index in [-0.39, 0.29) is 11.9 Å². The van der Waals surface area contributed by atoms with E-state index < -0.39 is 0 Å². The maximum Gasteiger partial charge on any atom is 0.141 e. The Labute approximate surface area is 103 Å². The second-order valence-corrected chi connectivity index (χ2v) is 5.16. The maximum atomic E-state index is 13.1. The Morgan fingerprint density at radius 1 is 1.29 bits per heavy atom. The van der Waals surface area contributed by atoms with Gasteiger partial charge >= 0.3 is 0 Å². The molecule has 0 saturated heterocycles. The lowest BCUT2D eigenvalue weighted by atomic mass is 9.98. The zero-order valence-electron chi connectivity index (χ0n) is 10.6. The van der Waals surface area contributed by atoms with Gasteiger partial charge in [0.05, 0.1) is 6.20 Å². The third-order valence-electron chi connectivity index (χ3n) is 3.85. The van der Waals surface area contributed by atoms with Crippen LogP contribution in [0.4, 0.5) is 4.39 Å². The van der Waals surface area contributed by atoms with Gasteiger partial charge in [-0.2, -0.15) is 0 Å². The molecule has 2 unspecified atom stereocenters. The minimum absolute atomic E-state index is 0.161. The van der Waals surface area contributed by atoms with E-state index in [9.17, 15) is 4.39 Å². The fraction of sp³-hybridized carbons (Fsp3) is 0.643. The number of nitrogens with one attached hydrogen (secondary N) is 1. The molecule has 0 bridgehead atoms. The van der Waals surface area contributed by atoms with Crippen LogP contribution in [0.1, 0.15) is 51.1 Å². The molecule has 94 valence electrons. The van der Waals surface area contributed by atoms with Crippen LogP contribution < -0.4 is 5.32 Å². The molecule has 3 heteroatoms. The fourth-order valence-electron chi connectivity index (χ4n) is 2.75. The van der Waals surface area contributed by atoms with E-state index in [1.54, 1.807) is 12.3 Å². The maximum absolute atomic E-state index is 13.1. The molecule has 1 saturated carbocycles. The summed E-state index contributed by atoms with van der Waals surface area (Å²) in [5.41, 5.74) is 0.926. The van der Waals surface area contributed by atoms with Crippen molar-refractivity contribution in [1.29, 1.82) is 0 Å². The zero-order chi connectivity index (χ0) is 12.3. The quantitative estimate of drug-likeness (QED) is 0.866. The van der Waals surface area contributed by atoms with Crippen molar-refractivity contribution in [1.82, 2.24) is 10.3 Å². The molecule has 0 spiro atoms. The zero-order valence-corrected chi connectivity index (χ0v) is 10.6. The van der Waals surface area contributed by atoms with E-state index in [1.165, 1.54) is 31.9 Å². The van der Waals surface area contributed by atoms with E-state index in [2.05, 4.69) is 24.1 Å². The summed E-state index contributed by atoms with van der Waals surface area (Å²) in [5, 5.41) is 3.56. The number of pyridine rings is 1. The Bertz CT molecular complexity index is 361. The molecule has 1 aromatic rings. The van der Waals surface area contributed by atoms with E-state index >= 15 is 0 Å². The van der Waals surface area contributed by atoms with Crippen molar-refractivity contribution >= 4 is 0 Å². The standard InChI is InChI=1S/C14H21FN2/c1-10(12-5-3-4-6-12)17-11(2)13-7-14(15)9-16-8-13/h7-12,17H,3-6H2,1-2H3. The first-order valence-corrected chi connectivity index (χ1v) is 6.53. The molecule has 17 heavy (non-hydrogen) atoms. The number of halogens is 1. The number of rotatable bonds is 4. The number of hydrogen-bond donors (Lipinski definition) is 1. The summed E-state index contributed by atoms with van der Waals surface area (Å²) in [6.07, 6.45) is 8.34. The number of aromatic nitrogens is 1. The smallest absolute Gasteiger partial charge is 0.141 e. The third kappa shape index (κ3) is 3.25. The summed E-state index contributed by atoms with van der Waals surface area (Å²) in [4.78, 5) is 3.90. The van der Waals surface area contributed by atoms with Crippen molar-refractivity contribution < 1.29 is 4.39 Å². The highest BCUT2D eigenvalue weighted by atomic mass is 19.1. The molecule has 0 aromatic carbocycles. The summed E-state index contributed by atoms with van der Waals surface area (Å²) in [5.74, 6) is 0.517. The van der Waals surface area contributed by atoms with Crippen LogP contribution in [0, 0.1) is 11.7 Å². The van der Waals surface area contributed by atoms with Gasteiger partial charge in [-0.1, -0.05) is 12.8 Å². The van der Waals surface area contributed by atoms with Crippen LogP contribution in [0.25, 0.3) is 0 Å². The van der Waals surface area contributed by atoms with Crippen molar-refractivity contribution in [3.8, 4) is 0 Å². The second kappa shape index (κ2) is 5.58. The van der Waals surface area contributed by atoms with E-state index in [0.717, 1.165) is 11.5 Å². The van der Waals surface area contributed by atoms with Gasteiger partial charge in [0.2, 0.25) is 0 Å². The van der Waals surface area contributed by atoms with E-state index in [0.29, 0.717) is 6.04 Å². The molecule has 1 N–H and O–H groups in total. The first-order chi connectivity index (χ1) is 8.16. The molecule has 0 aliphatic heterocycles. The summed E-state index contributed by atoms with van der Waals surface area (Å²) in [7, 11) is 0.